The van der Waals surface area contributed by atoms with Gasteiger partial charge in [-0.05, 0) is 6.42 Å². The Labute approximate surface area is 124 Å². The first-order valence-electron chi connectivity index (χ1n) is 6.29. The minimum absolute atomic E-state index is 0.109. The van der Waals surface area contributed by atoms with Gasteiger partial charge in [-0.1, -0.05) is 11.3 Å². The molecule has 0 aromatic carbocycles. The van der Waals surface area contributed by atoms with Crippen LogP contribution in [0.2, 0.25) is 0 Å². The molecule has 2 aromatic heterocycles. The second kappa shape index (κ2) is 6.14. The van der Waals surface area contributed by atoms with Crippen molar-refractivity contribution in [3.8, 4) is 0 Å². The maximum Gasteiger partial charge on any atom is 0.323 e. The fourth-order valence-corrected chi connectivity index (χ4v) is 3.21. The van der Waals surface area contributed by atoms with Gasteiger partial charge >= 0.3 is 6.03 Å². The molecule has 0 radical (unpaired) electrons. The van der Waals surface area contributed by atoms with E-state index in [9.17, 15) is 4.79 Å². The van der Waals surface area contributed by atoms with Gasteiger partial charge in [0.15, 0.2) is 5.13 Å². The lowest BCUT2D eigenvalue weighted by Crippen LogP contribution is -2.38. The SMILES string of the molecule is O=C(Nc1nncs1)N1CCCN(c2nccs2)CC1. The molecule has 0 atom stereocenters. The van der Waals surface area contributed by atoms with Gasteiger partial charge in [0.1, 0.15) is 5.51 Å². The van der Waals surface area contributed by atoms with Crippen LogP contribution >= 0.6 is 22.7 Å². The molecule has 7 nitrogen and oxygen atoms in total. The number of anilines is 2. The zero-order valence-electron chi connectivity index (χ0n) is 10.7. The molecule has 0 bridgehead atoms. The Bertz CT molecular complexity index is 543. The van der Waals surface area contributed by atoms with E-state index in [2.05, 4.69) is 25.4 Å². The molecule has 1 aliphatic rings. The van der Waals surface area contributed by atoms with Crippen molar-refractivity contribution >= 4 is 39.0 Å². The monoisotopic (exact) mass is 310 g/mol. The van der Waals surface area contributed by atoms with Crippen LogP contribution in [0.3, 0.4) is 0 Å². The summed E-state index contributed by atoms with van der Waals surface area (Å²) in [6.07, 6.45) is 2.74. The standard InChI is InChI=1S/C11H14N6OS2/c18-10(14-9-15-13-8-20-9)16-3-1-4-17(6-5-16)11-12-2-7-19-11/h2,7-8H,1,3-6H2,(H,14,15,18). The third-order valence-electron chi connectivity index (χ3n) is 3.05. The summed E-state index contributed by atoms with van der Waals surface area (Å²) < 4.78 is 0. The molecular formula is C11H14N6OS2. The lowest BCUT2D eigenvalue weighted by molar-refractivity contribution is 0.215. The summed E-state index contributed by atoms with van der Waals surface area (Å²) in [5.41, 5.74) is 1.60. The van der Waals surface area contributed by atoms with Crippen LogP contribution in [0, 0.1) is 0 Å². The van der Waals surface area contributed by atoms with Crippen molar-refractivity contribution in [2.75, 3.05) is 36.4 Å². The van der Waals surface area contributed by atoms with Gasteiger partial charge in [-0.15, -0.1) is 21.5 Å². The summed E-state index contributed by atoms with van der Waals surface area (Å²) in [4.78, 5) is 20.5. The Balaban J connectivity index is 1.58. The minimum atomic E-state index is -0.109. The third kappa shape index (κ3) is 3.05. The number of urea groups is 1. The molecule has 0 unspecified atom stereocenters. The zero-order chi connectivity index (χ0) is 13.8. The quantitative estimate of drug-likeness (QED) is 0.914. The fraction of sp³-hybridized carbons (Fsp3) is 0.455. The summed E-state index contributed by atoms with van der Waals surface area (Å²) >= 11 is 2.95. The first kappa shape index (κ1) is 13.3. The molecule has 0 aliphatic carbocycles. The summed E-state index contributed by atoms with van der Waals surface area (Å²) in [6.45, 7) is 3.16. The van der Waals surface area contributed by atoms with E-state index in [-0.39, 0.29) is 6.03 Å². The van der Waals surface area contributed by atoms with Crippen LogP contribution in [0.5, 0.6) is 0 Å². The van der Waals surface area contributed by atoms with Crippen LogP contribution in [-0.2, 0) is 0 Å². The van der Waals surface area contributed by atoms with E-state index in [1.54, 1.807) is 16.8 Å². The molecule has 9 heteroatoms. The number of nitrogens with zero attached hydrogens (tertiary/aromatic N) is 5. The highest BCUT2D eigenvalue weighted by atomic mass is 32.1. The predicted molar refractivity (Wildman–Crippen MR) is 79.4 cm³/mol. The number of hydrogen-bond acceptors (Lipinski definition) is 7. The Hall–Kier alpha value is -1.74. The van der Waals surface area contributed by atoms with Crippen molar-refractivity contribution in [1.29, 1.82) is 0 Å². The minimum Gasteiger partial charge on any atom is -0.346 e. The van der Waals surface area contributed by atoms with Crippen molar-refractivity contribution in [2.45, 2.75) is 6.42 Å². The molecule has 2 aromatic rings. The lowest BCUT2D eigenvalue weighted by Gasteiger charge is -2.21. The van der Waals surface area contributed by atoms with E-state index >= 15 is 0 Å². The third-order valence-corrected chi connectivity index (χ3v) is 4.49. The van der Waals surface area contributed by atoms with Crippen LogP contribution in [0.25, 0.3) is 0 Å². The topological polar surface area (TPSA) is 74.2 Å². The zero-order valence-corrected chi connectivity index (χ0v) is 12.4. The van der Waals surface area contributed by atoms with Crippen LogP contribution in [0.4, 0.5) is 15.1 Å². The molecule has 2 amide bonds. The maximum atomic E-state index is 12.1. The summed E-state index contributed by atoms with van der Waals surface area (Å²) in [5.74, 6) is 0. The van der Waals surface area contributed by atoms with E-state index in [0.29, 0.717) is 11.7 Å². The van der Waals surface area contributed by atoms with Crippen LogP contribution in [-0.4, -0.2) is 52.3 Å². The second-order valence-electron chi connectivity index (χ2n) is 4.32. The van der Waals surface area contributed by atoms with E-state index in [1.807, 2.05) is 16.5 Å². The first-order chi connectivity index (χ1) is 9.83. The molecule has 3 heterocycles. The van der Waals surface area contributed by atoms with Gasteiger partial charge in [-0.25, -0.2) is 9.78 Å². The lowest BCUT2D eigenvalue weighted by atomic mass is 10.4. The van der Waals surface area contributed by atoms with Crippen molar-refractivity contribution in [3.05, 3.63) is 17.1 Å². The molecule has 1 N–H and O–H groups in total. The molecule has 0 spiro atoms. The Morgan fingerprint density at radius 2 is 2.20 bits per heavy atom. The average Bonchev–Trinajstić information content (AvgIpc) is 3.09. The van der Waals surface area contributed by atoms with Gasteiger partial charge < -0.3 is 9.80 Å². The average molecular weight is 310 g/mol. The smallest absolute Gasteiger partial charge is 0.323 e. The van der Waals surface area contributed by atoms with Crippen molar-refractivity contribution in [3.63, 3.8) is 0 Å². The number of thiazole rings is 1. The summed E-state index contributed by atoms with van der Waals surface area (Å²) in [7, 11) is 0. The number of rotatable bonds is 2. The Morgan fingerprint density at radius 3 is 2.95 bits per heavy atom. The van der Waals surface area contributed by atoms with E-state index in [0.717, 1.165) is 31.2 Å². The molecule has 106 valence electrons. The Morgan fingerprint density at radius 1 is 1.25 bits per heavy atom. The first-order valence-corrected chi connectivity index (χ1v) is 8.05. The molecule has 1 fully saturated rings. The molecule has 1 aliphatic heterocycles. The number of nitrogens with one attached hydrogen (secondary N) is 1. The molecule has 20 heavy (non-hydrogen) atoms. The van der Waals surface area contributed by atoms with Crippen molar-refractivity contribution in [2.24, 2.45) is 0 Å². The molecule has 3 rings (SSSR count). The van der Waals surface area contributed by atoms with E-state index < -0.39 is 0 Å². The van der Waals surface area contributed by atoms with Gasteiger partial charge in [-0.3, -0.25) is 5.32 Å². The van der Waals surface area contributed by atoms with Gasteiger partial charge in [0.05, 0.1) is 0 Å². The van der Waals surface area contributed by atoms with Crippen LogP contribution < -0.4 is 10.2 Å². The highest BCUT2D eigenvalue weighted by Crippen LogP contribution is 2.19. The summed E-state index contributed by atoms with van der Waals surface area (Å²) in [6, 6.07) is -0.109. The van der Waals surface area contributed by atoms with Crippen molar-refractivity contribution < 1.29 is 4.79 Å². The van der Waals surface area contributed by atoms with Crippen molar-refractivity contribution in [1.82, 2.24) is 20.1 Å². The highest BCUT2D eigenvalue weighted by molar-refractivity contribution is 7.13. The van der Waals surface area contributed by atoms with Gasteiger partial charge in [-0.2, -0.15) is 0 Å². The normalized spacial score (nSPS) is 16.0. The maximum absolute atomic E-state index is 12.1. The van der Waals surface area contributed by atoms with Crippen LogP contribution in [0.15, 0.2) is 17.1 Å². The highest BCUT2D eigenvalue weighted by Gasteiger charge is 2.20. The number of carbonyl (C=O) groups is 1. The van der Waals surface area contributed by atoms with E-state index in [1.165, 1.54) is 11.3 Å². The van der Waals surface area contributed by atoms with E-state index in [4.69, 9.17) is 0 Å². The number of aromatic nitrogens is 3. The second-order valence-corrected chi connectivity index (χ2v) is 6.02. The molecule has 1 saturated heterocycles. The number of carbonyl (C=O) groups excluding carboxylic acids is 1. The largest absolute Gasteiger partial charge is 0.346 e. The van der Waals surface area contributed by atoms with Gasteiger partial charge in [0.25, 0.3) is 0 Å². The van der Waals surface area contributed by atoms with Crippen LogP contribution in [0.1, 0.15) is 6.42 Å². The summed E-state index contributed by atoms with van der Waals surface area (Å²) in [5, 5.41) is 13.8. The number of hydrogen-bond donors (Lipinski definition) is 1. The number of amides is 2. The molecular weight excluding hydrogens is 296 g/mol. The van der Waals surface area contributed by atoms with Gasteiger partial charge in [0, 0.05) is 37.8 Å². The van der Waals surface area contributed by atoms with Gasteiger partial charge in [0.2, 0.25) is 5.13 Å². The Kier molecular flexibility index (Phi) is 4.07. The molecule has 0 saturated carbocycles. The predicted octanol–water partition coefficient (Wildman–Crippen LogP) is 1.74. The fourth-order valence-electron chi connectivity index (χ4n) is 2.08.